The molecule has 108 valence electrons. The van der Waals surface area contributed by atoms with E-state index >= 15 is 0 Å². The van der Waals surface area contributed by atoms with Crippen molar-refractivity contribution < 1.29 is 4.74 Å². The molecule has 0 saturated carbocycles. The van der Waals surface area contributed by atoms with Gasteiger partial charge >= 0.3 is 0 Å². The van der Waals surface area contributed by atoms with Crippen molar-refractivity contribution >= 4 is 28.3 Å². The van der Waals surface area contributed by atoms with Gasteiger partial charge in [0.1, 0.15) is 5.82 Å². The van der Waals surface area contributed by atoms with Gasteiger partial charge in [0.2, 0.25) is 0 Å². The highest BCUT2D eigenvalue weighted by atomic mass is 35.5. The fraction of sp³-hybridized carbons (Fsp3) is 0.188. The van der Waals surface area contributed by atoms with Crippen LogP contribution >= 0.6 is 11.6 Å². The molecule has 0 fully saturated rings. The summed E-state index contributed by atoms with van der Waals surface area (Å²) in [5.74, 6) is 0.813. The number of nitrogen functional groups attached to an aromatic ring is 1. The average molecular weight is 302 g/mol. The summed E-state index contributed by atoms with van der Waals surface area (Å²) < 4.78 is 7.31. The standard InChI is InChI=1S/C16H16ClN3O/c1-21-10-9-20-14-8-3-2-7-13(14)19-16(20)11-5-4-6-12(17)15(11)18/h2-8H,9-10,18H2,1H3. The van der Waals surface area contributed by atoms with Crippen molar-refractivity contribution in [1.82, 2.24) is 9.55 Å². The van der Waals surface area contributed by atoms with E-state index in [-0.39, 0.29) is 0 Å². The Balaban J connectivity index is 2.23. The van der Waals surface area contributed by atoms with Crippen molar-refractivity contribution in [1.29, 1.82) is 0 Å². The maximum Gasteiger partial charge on any atom is 0.143 e. The van der Waals surface area contributed by atoms with Gasteiger partial charge < -0.3 is 15.0 Å². The first-order chi connectivity index (χ1) is 10.2. The molecular formula is C16H16ClN3O. The van der Waals surface area contributed by atoms with E-state index in [4.69, 9.17) is 27.1 Å². The van der Waals surface area contributed by atoms with Gasteiger partial charge in [0.25, 0.3) is 0 Å². The van der Waals surface area contributed by atoms with Crippen molar-refractivity contribution in [2.75, 3.05) is 19.5 Å². The highest BCUT2D eigenvalue weighted by molar-refractivity contribution is 6.33. The number of imidazole rings is 1. The molecule has 0 aliphatic carbocycles. The summed E-state index contributed by atoms with van der Waals surface area (Å²) in [5, 5.41) is 0.540. The Morgan fingerprint density at radius 2 is 2.00 bits per heavy atom. The molecule has 0 saturated heterocycles. The highest BCUT2D eigenvalue weighted by Crippen LogP contribution is 2.32. The van der Waals surface area contributed by atoms with Gasteiger partial charge in [-0.1, -0.05) is 29.8 Å². The first kappa shape index (κ1) is 13.9. The van der Waals surface area contributed by atoms with Gasteiger partial charge in [0.15, 0.2) is 0 Å². The van der Waals surface area contributed by atoms with Crippen LogP contribution in [0.3, 0.4) is 0 Å². The lowest BCUT2D eigenvalue weighted by Crippen LogP contribution is -2.07. The van der Waals surface area contributed by atoms with Crippen LogP contribution in [-0.2, 0) is 11.3 Å². The van der Waals surface area contributed by atoms with Gasteiger partial charge in [-0.05, 0) is 24.3 Å². The fourth-order valence-electron chi connectivity index (χ4n) is 2.42. The lowest BCUT2D eigenvalue weighted by Gasteiger charge is -2.11. The topological polar surface area (TPSA) is 53.1 Å². The Labute approximate surface area is 128 Å². The number of hydrogen-bond donors (Lipinski definition) is 1. The molecule has 0 spiro atoms. The number of ether oxygens (including phenoxy) is 1. The second-order valence-corrected chi connectivity index (χ2v) is 5.18. The monoisotopic (exact) mass is 301 g/mol. The summed E-state index contributed by atoms with van der Waals surface area (Å²) in [4.78, 5) is 4.71. The molecule has 3 aromatic rings. The predicted octanol–water partition coefficient (Wildman–Crippen LogP) is 3.59. The third-order valence-electron chi connectivity index (χ3n) is 3.47. The molecule has 0 unspecified atom stereocenters. The van der Waals surface area contributed by atoms with E-state index in [1.807, 2.05) is 36.4 Å². The lowest BCUT2D eigenvalue weighted by atomic mass is 10.1. The van der Waals surface area contributed by atoms with E-state index in [1.165, 1.54) is 0 Å². The molecule has 0 amide bonds. The second kappa shape index (κ2) is 5.76. The van der Waals surface area contributed by atoms with Crippen LogP contribution in [0.25, 0.3) is 22.4 Å². The maximum atomic E-state index is 6.13. The number of aromatic nitrogens is 2. The van der Waals surface area contributed by atoms with Gasteiger partial charge in [-0.2, -0.15) is 0 Å². The lowest BCUT2D eigenvalue weighted by molar-refractivity contribution is 0.188. The first-order valence-corrected chi connectivity index (χ1v) is 7.08. The van der Waals surface area contributed by atoms with Crippen molar-refractivity contribution in [3.8, 4) is 11.4 Å². The largest absolute Gasteiger partial charge is 0.397 e. The zero-order chi connectivity index (χ0) is 14.8. The molecular weight excluding hydrogens is 286 g/mol. The molecule has 0 aliphatic rings. The number of rotatable bonds is 4. The number of methoxy groups -OCH3 is 1. The quantitative estimate of drug-likeness (QED) is 0.749. The van der Waals surface area contributed by atoms with E-state index in [9.17, 15) is 0 Å². The molecule has 3 rings (SSSR count). The van der Waals surface area contributed by atoms with Crippen LogP contribution < -0.4 is 5.73 Å². The summed E-state index contributed by atoms with van der Waals surface area (Å²) in [6.45, 7) is 1.31. The van der Waals surface area contributed by atoms with Gasteiger partial charge in [0, 0.05) is 19.2 Å². The molecule has 21 heavy (non-hydrogen) atoms. The molecule has 5 heteroatoms. The van der Waals surface area contributed by atoms with Crippen LogP contribution in [0, 0.1) is 0 Å². The van der Waals surface area contributed by atoms with Gasteiger partial charge in [-0.25, -0.2) is 4.98 Å². The Hall–Kier alpha value is -2.04. The van der Waals surface area contributed by atoms with Crippen LogP contribution in [0.4, 0.5) is 5.69 Å². The Kier molecular flexibility index (Phi) is 3.82. The third-order valence-corrected chi connectivity index (χ3v) is 3.80. The molecule has 0 atom stereocenters. The van der Waals surface area contributed by atoms with Crippen molar-refractivity contribution in [3.05, 3.63) is 47.5 Å². The minimum absolute atomic E-state index is 0.540. The molecule has 4 nitrogen and oxygen atoms in total. The summed E-state index contributed by atoms with van der Waals surface area (Å²) in [5.41, 5.74) is 9.50. The minimum Gasteiger partial charge on any atom is -0.397 e. The van der Waals surface area contributed by atoms with E-state index in [0.717, 1.165) is 22.4 Å². The number of benzene rings is 2. The molecule has 0 aliphatic heterocycles. The highest BCUT2D eigenvalue weighted by Gasteiger charge is 2.15. The number of fused-ring (bicyclic) bond motifs is 1. The number of hydrogen-bond acceptors (Lipinski definition) is 3. The molecule has 2 N–H and O–H groups in total. The number of halogens is 1. The summed E-state index contributed by atoms with van der Waals surface area (Å²) in [7, 11) is 1.69. The van der Waals surface area contributed by atoms with Crippen LogP contribution in [0.1, 0.15) is 0 Å². The average Bonchev–Trinajstić information content (AvgIpc) is 2.86. The zero-order valence-corrected chi connectivity index (χ0v) is 12.5. The molecule has 2 aromatic carbocycles. The number of para-hydroxylation sites is 3. The summed E-state index contributed by atoms with van der Waals surface area (Å²) >= 11 is 6.13. The van der Waals surface area contributed by atoms with E-state index in [1.54, 1.807) is 13.2 Å². The van der Waals surface area contributed by atoms with Gasteiger partial charge in [-0.3, -0.25) is 0 Å². The fourth-order valence-corrected chi connectivity index (χ4v) is 2.60. The van der Waals surface area contributed by atoms with E-state index in [2.05, 4.69) is 4.57 Å². The maximum absolute atomic E-state index is 6.13. The zero-order valence-electron chi connectivity index (χ0n) is 11.7. The molecule has 0 bridgehead atoms. The predicted molar refractivity (Wildman–Crippen MR) is 86.5 cm³/mol. The van der Waals surface area contributed by atoms with Crippen LogP contribution in [0.5, 0.6) is 0 Å². The second-order valence-electron chi connectivity index (χ2n) is 4.77. The normalized spacial score (nSPS) is 11.1. The third kappa shape index (κ3) is 2.48. The molecule has 1 aromatic heterocycles. The Morgan fingerprint density at radius 1 is 1.19 bits per heavy atom. The van der Waals surface area contributed by atoms with Gasteiger partial charge in [-0.15, -0.1) is 0 Å². The van der Waals surface area contributed by atoms with Crippen LogP contribution in [-0.4, -0.2) is 23.3 Å². The number of anilines is 1. The summed E-state index contributed by atoms with van der Waals surface area (Å²) in [6.07, 6.45) is 0. The summed E-state index contributed by atoms with van der Waals surface area (Å²) in [6, 6.07) is 13.6. The minimum atomic E-state index is 0.540. The Bertz CT molecular complexity index is 782. The van der Waals surface area contributed by atoms with Crippen molar-refractivity contribution in [2.24, 2.45) is 0 Å². The van der Waals surface area contributed by atoms with Crippen LogP contribution in [0.2, 0.25) is 5.02 Å². The van der Waals surface area contributed by atoms with Crippen LogP contribution in [0.15, 0.2) is 42.5 Å². The van der Waals surface area contributed by atoms with Crippen molar-refractivity contribution in [3.63, 3.8) is 0 Å². The van der Waals surface area contributed by atoms with Gasteiger partial charge in [0.05, 0.1) is 28.4 Å². The number of nitrogens with zero attached hydrogens (tertiary/aromatic N) is 2. The molecule has 0 radical (unpaired) electrons. The van der Waals surface area contributed by atoms with Crippen molar-refractivity contribution in [2.45, 2.75) is 6.54 Å². The smallest absolute Gasteiger partial charge is 0.143 e. The first-order valence-electron chi connectivity index (χ1n) is 6.71. The Morgan fingerprint density at radius 3 is 2.81 bits per heavy atom. The SMILES string of the molecule is COCCn1c(-c2cccc(Cl)c2N)nc2ccccc21. The number of nitrogens with two attached hydrogens (primary N) is 1. The molecule has 1 heterocycles. The van der Waals surface area contributed by atoms with E-state index < -0.39 is 0 Å². The van der Waals surface area contributed by atoms with E-state index in [0.29, 0.717) is 23.9 Å².